The van der Waals surface area contributed by atoms with Crippen molar-refractivity contribution >= 4 is 40.1 Å². The van der Waals surface area contributed by atoms with E-state index in [1.165, 1.54) is 24.3 Å². The van der Waals surface area contributed by atoms with Crippen molar-refractivity contribution in [3.8, 4) is 0 Å². The fourth-order valence-corrected chi connectivity index (χ4v) is 4.50. The number of hydrogen-bond donors (Lipinski definition) is 2. The van der Waals surface area contributed by atoms with Crippen molar-refractivity contribution < 1.29 is 18.9 Å². The average Bonchev–Trinajstić information content (AvgIpc) is 2.77. The quantitative estimate of drug-likeness (QED) is 0.311. The number of non-ortho nitro benzene ring substituents is 1. The predicted octanol–water partition coefficient (Wildman–Crippen LogP) is 2.89. The van der Waals surface area contributed by atoms with Crippen LogP contribution in [-0.4, -0.2) is 53.9 Å². The number of nitrogens with zero attached hydrogens (tertiary/aromatic N) is 2. The van der Waals surface area contributed by atoms with Crippen LogP contribution in [0.4, 0.5) is 10.1 Å². The summed E-state index contributed by atoms with van der Waals surface area (Å²) in [6.07, 6.45) is 1.29. The lowest BCUT2D eigenvalue weighted by Gasteiger charge is -2.39. The van der Waals surface area contributed by atoms with Crippen LogP contribution in [0.25, 0.3) is 0 Å². The molecule has 0 bridgehead atoms. The molecule has 1 aliphatic heterocycles. The van der Waals surface area contributed by atoms with Gasteiger partial charge in [-0.2, -0.15) is 0 Å². The molecule has 3 rings (SSSR count). The average molecular weight is 554 g/mol. The van der Waals surface area contributed by atoms with Crippen LogP contribution in [-0.2, 0) is 11.2 Å². The number of amides is 2. The van der Waals surface area contributed by atoms with Crippen molar-refractivity contribution in [2.45, 2.75) is 24.8 Å². The van der Waals surface area contributed by atoms with Crippen molar-refractivity contribution in [2.75, 3.05) is 26.7 Å². The number of piperidine rings is 1. The largest absolute Gasteiger partial charge is 0.343 e. The van der Waals surface area contributed by atoms with Crippen molar-refractivity contribution in [1.29, 1.82) is 0 Å². The van der Waals surface area contributed by atoms with Gasteiger partial charge in [0.15, 0.2) is 0 Å². The Hall–Kier alpha value is -2.60. The molecular formula is C22H24FIN4O4. The summed E-state index contributed by atoms with van der Waals surface area (Å²) in [6, 6.07) is 10.6. The maximum absolute atomic E-state index is 14.3. The highest BCUT2D eigenvalue weighted by Gasteiger charge is 2.43. The minimum absolute atomic E-state index is 0.0114. The first kappa shape index (κ1) is 24.1. The minimum Gasteiger partial charge on any atom is -0.343 e. The molecule has 0 radical (unpaired) electrons. The van der Waals surface area contributed by atoms with Crippen molar-refractivity contribution in [3.05, 3.63) is 73.1 Å². The summed E-state index contributed by atoms with van der Waals surface area (Å²) in [7, 11) is 1.66. The summed E-state index contributed by atoms with van der Waals surface area (Å²) in [4.78, 5) is 38.3. The Morgan fingerprint density at radius 3 is 2.47 bits per heavy atom. The van der Waals surface area contributed by atoms with Crippen molar-refractivity contribution in [1.82, 2.24) is 15.5 Å². The number of likely N-dealkylation sites (N-methyl/N-ethyl adjacent to an activating group) is 1. The van der Waals surface area contributed by atoms with Crippen LogP contribution in [0, 0.1) is 19.5 Å². The molecule has 32 heavy (non-hydrogen) atoms. The van der Waals surface area contributed by atoms with Crippen molar-refractivity contribution in [3.63, 3.8) is 0 Å². The number of benzene rings is 2. The van der Waals surface area contributed by atoms with Gasteiger partial charge < -0.3 is 15.5 Å². The molecular weight excluding hydrogens is 530 g/mol. The summed E-state index contributed by atoms with van der Waals surface area (Å²) < 4.78 is 14.8. The van der Waals surface area contributed by atoms with Crippen LogP contribution in [0.2, 0.25) is 0 Å². The van der Waals surface area contributed by atoms with Gasteiger partial charge in [0.05, 0.1) is 10.5 Å². The Labute approximate surface area is 198 Å². The first-order chi connectivity index (χ1) is 15.2. The third-order valence-electron chi connectivity index (χ3n) is 5.64. The summed E-state index contributed by atoms with van der Waals surface area (Å²) in [5.41, 5.74) is -0.318. The third-order valence-corrected chi connectivity index (χ3v) is 6.54. The molecule has 10 heteroatoms. The number of carbonyl (C=O) groups excluding carboxylic acids is 2. The molecule has 0 atom stereocenters. The summed E-state index contributed by atoms with van der Waals surface area (Å²) in [5, 5.41) is 16.8. The van der Waals surface area contributed by atoms with E-state index in [-0.39, 0.29) is 17.2 Å². The maximum Gasteiger partial charge on any atom is 0.269 e. The first-order valence-electron chi connectivity index (χ1n) is 10.2. The molecule has 0 saturated carbocycles. The molecule has 8 nitrogen and oxygen atoms in total. The predicted molar refractivity (Wildman–Crippen MR) is 126 cm³/mol. The van der Waals surface area contributed by atoms with E-state index in [2.05, 4.69) is 10.6 Å². The van der Waals surface area contributed by atoms with Gasteiger partial charge in [0.25, 0.3) is 11.6 Å². The first-order valence-corrected chi connectivity index (χ1v) is 11.3. The summed E-state index contributed by atoms with van der Waals surface area (Å²) in [5.74, 6) is -1.47. The third kappa shape index (κ3) is 5.41. The second kappa shape index (κ2) is 10.3. The molecule has 1 aliphatic rings. The van der Waals surface area contributed by atoms with Crippen LogP contribution in [0.5, 0.6) is 0 Å². The number of nitro benzene ring substituents is 1. The van der Waals surface area contributed by atoms with E-state index in [1.807, 2.05) is 22.6 Å². The van der Waals surface area contributed by atoms with Gasteiger partial charge in [-0.3, -0.25) is 19.7 Å². The maximum atomic E-state index is 14.3. The number of nitrogens with one attached hydrogen (secondary N) is 2. The normalized spacial score (nSPS) is 15.1. The number of hydrogen-bond acceptors (Lipinski definition) is 5. The van der Waals surface area contributed by atoms with Gasteiger partial charge in [0.1, 0.15) is 11.4 Å². The van der Waals surface area contributed by atoms with Gasteiger partial charge in [-0.15, -0.1) is 0 Å². The highest BCUT2D eigenvalue weighted by Crippen LogP contribution is 2.24. The van der Waals surface area contributed by atoms with Crippen LogP contribution in [0.15, 0.2) is 42.5 Å². The molecule has 0 unspecified atom stereocenters. The van der Waals surface area contributed by atoms with E-state index in [0.29, 0.717) is 42.5 Å². The number of nitro groups is 1. The van der Waals surface area contributed by atoms with E-state index in [0.717, 1.165) is 5.56 Å². The van der Waals surface area contributed by atoms with Gasteiger partial charge in [-0.1, -0.05) is 18.2 Å². The Morgan fingerprint density at radius 1 is 1.22 bits per heavy atom. The lowest BCUT2D eigenvalue weighted by molar-refractivity contribution is -0.384. The second-order valence-corrected chi connectivity index (χ2v) is 8.95. The standard InChI is InChI=1S/C22H24FIN4O4/c1-27(14-9-15-5-7-16(8-6-15)28(31)32)21(30)22(10-12-25-13-11-22)26-20(29)19-17(23)3-2-4-18(19)24/h2-8,25H,9-14H2,1H3,(H,26,29). The molecule has 0 aromatic heterocycles. The molecule has 0 spiro atoms. The number of halogens is 2. The smallest absolute Gasteiger partial charge is 0.269 e. The molecule has 2 N–H and O–H groups in total. The number of rotatable bonds is 7. The van der Waals surface area contributed by atoms with E-state index < -0.39 is 22.2 Å². The fourth-order valence-electron chi connectivity index (χ4n) is 3.79. The lowest BCUT2D eigenvalue weighted by atomic mass is 9.86. The molecule has 1 saturated heterocycles. The SMILES string of the molecule is CN(CCc1ccc([N+](=O)[O-])cc1)C(=O)C1(NC(=O)c2c(F)cccc2I)CCNCC1. The second-order valence-electron chi connectivity index (χ2n) is 7.78. The van der Waals surface area contributed by atoms with Gasteiger partial charge in [-0.25, -0.2) is 4.39 Å². The van der Waals surface area contributed by atoms with Crippen LogP contribution in [0.3, 0.4) is 0 Å². The highest BCUT2D eigenvalue weighted by molar-refractivity contribution is 14.1. The van der Waals surface area contributed by atoms with Crippen LogP contribution < -0.4 is 10.6 Å². The Morgan fingerprint density at radius 2 is 1.88 bits per heavy atom. The minimum atomic E-state index is -1.13. The lowest BCUT2D eigenvalue weighted by Crippen LogP contribution is -2.63. The monoisotopic (exact) mass is 554 g/mol. The zero-order valence-corrected chi connectivity index (χ0v) is 19.7. The van der Waals surface area contributed by atoms with Crippen LogP contribution in [0.1, 0.15) is 28.8 Å². The topological polar surface area (TPSA) is 105 Å². The van der Waals surface area contributed by atoms with E-state index in [1.54, 1.807) is 30.1 Å². The van der Waals surface area contributed by atoms with E-state index in [4.69, 9.17) is 0 Å². The van der Waals surface area contributed by atoms with E-state index in [9.17, 15) is 24.1 Å². The number of carbonyl (C=O) groups is 2. The van der Waals surface area contributed by atoms with Gasteiger partial charge in [-0.05, 0) is 72.6 Å². The Bertz CT molecular complexity index is 989. The molecule has 2 amide bonds. The zero-order chi connectivity index (χ0) is 23.3. The molecule has 2 aromatic rings. The molecule has 1 heterocycles. The molecule has 2 aromatic carbocycles. The fraction of sp³-hybridized carbons (Fsp3) is 0.364. The summed E-state index contributed by atoms with van der Waals surface area (Å²) >= 11 is 1.91. The molecule has 0 aliphatic carbocycles. The summed E-state index contributed by atoms with van der Waals surface area (Å²) in [6.45, 7) is 1.48. The Balaban J connectivity index is 1.73. The van der Waals surface area contributed by atoms with Crippen LogP contribution >= 0.6 is 22.6 Å². The van der Waals surface area contributed by atoms with Gasteiger partial charge >= 0.3 is 0 Å². The Kier molecular flexibility index (Phi) is 7.77. The van der Waals surface area contributed by atoms with Gasteiger partial charge in [0, 0.05) is 29.3 Å². The molecule has 1 fully saturated rings. The van der Waals surface area contributed by atoms with Crippen molar-refractivity contribution in [2.24, 2.45) is 0 Å². The zero-order valence-electron chi connectivity index (χ0n) is 17.6. The highest BCUT2D eigenvalue weighted by atomic mass is 127. The van der Waals surface area contributed by atoms with Gasteiger partial charge in [0.2, 0.25) is 5.91 Å². The molecule has 170 valence electrons. The van der Waals surface area contributed by atoms with E-state index >= 15 is 0 Å².